The fourth-order valence-electron chi connectivity index (χ4n) is 3.32. The Labute approximate surface area is 160 Å². The van der Waals surface area contributed by atoms with Crippen LogP contribution in [0, 0.1) is 6.92 Å². The first-order valence-corrected chi connectivity index (χ1v) is 8.86. The van der Waals surface area contributed by atoms with E-state index in [9.17, 15) is 0 Å². The molecule has 0 unspecified atom stereocenters. The lowest BCUT2D eigenvalue weighted by atomic mass is 10.1. The van der Waals surface area contributed by atoms with Gasteiger partial charge in [0.15, 0.2) is 5.65 Å². The second-order valence-electron chi connectivity index (χ2n) is 6.59. The van der Waals surface area contributed by atoms with E-state index in [-0.39, 0.29) is 0 Å². The second kappa shape index (κ2) is 6.31. The molecular formula is C21H17N7. The number of imidazole rings is 1. The number of rotatable bonds is 3. The highest BCUT2D eigenvalue weighted by Crippen LogP contribution is 2.31. The molecule has 4 aromatic heterocycles. The molecule has 28 heavy (non-hydrogen) atoms. The Bertz CT molecular complexity index is 1320. The fraction of sp³-hybridized carbons (Fsp3) is 0.0476. The Morgan fingerprint density at radius 2 is 1.86 bits per heavy atom. The molecule has 0 spiro atoms. The van der Waals surface area contributed by atoms with Crippen molar-refractivity contribution in [2.45, 2.75) is 6.92 Å². The van der Waals surface area contributed by atoms with Crippen molar-refractivity contribution in [2.75, 3.05) is 11.1 Å². The van der Waals surface area contributed by atoms with Gasteiger partial charge in [0, 0.05) is 40.4 Å². The first kappa shape index (κ1) is 16.2. The van der Waals surface area contributed by atoms with Gasteiger partial charge in [0.2, 0.25) is 0 Å². The van der Waals surface area contributed by atoms with Crippen molar-refractivity contribution < 1.29 is 0 Å². The monoisotopic (exact) mass is 367 g/mol. The summed E-state index contributed by atoms with van der Waals surface area (Å²) in [6.45, 7) is 1.96. The molecule has 0 saturated carbocycles. The zero-order valence-electron chi connectivity index (χ0n) is 15.1. The maximum atomic E-state index is 6.20. The van der Waals surface area contributed by atoms with Gasteiger partial charge in [0.05, 0.1) is 22.9 Å². The molecule has 0 aliphatic carbocycles. The SMILES string of the molecule is Cc1cc(Nc2cnc3nc(-c4cccc5nccc(N)c45)[nH]c3c2)ccn1. The van der Waals surface area contributed by atoms with Gasteiger partial charge in [-0.15, -0.1) is 0 Å². The molecule has 1 aromatic carbocycles. The number of nitrogens with two attached hydrogens (primary N) is 1. The van der Waals surface area contributed by atoms with E-state index in [1.54, 1.807) is 24.7 Å². The highest BCUT2D eigenvalue weighted by atomic mass is 15.0. The zero-order chi connectivity index (χ0) is 19.1. The topological polar surface area (TPSA) is 105 Å². The van der Waals surface area contributed by atoms with Crippen LogP contribution in [0.2, 0.25) is 0 Å². The summed E-state index contributed by atoms with van der Waals surface area (Å²) in [5.41, 5.74) is 12.9. The number of fused-ring (bicyclic) bond motifs is 2. The maximum absolute atomic E-state index is 6.20. The number of H-pyrrole nitrogens is 1. The number of aryl methyl sites for hydroxylation is 1. The number of hydrogen-bond donors (Lipinski definition) is 3. The van der Waals surface area contributed by atoms with Crippen LogP contribution in [-0.2, 0) is 0 Å². The molecule has 0 amide bonds. The number of benzene rings is 1. The largest absolute Gasteiger partial charge is 0.398 e. The summed E-state index contributed by atoms with van der Waals surface area (Å²) in [5.74, 6) is 0.713. The Morgan fingerprint density at radius 3 is 2.75 bits per heavy atom. The molecule has 0 radical (unpaired) electrons. The minimum atomic E-state index is 0.644. The van der Waals surface area contributed by atoms with Crippen LogP contribution in [0.3, 0.4) is 0 Å². The summed E-state index contributed by atoms with van der Waals surface area (Å²) in [4.78, 5) is 21.1. The van der Waals surface area contributed by atoms with E-state index in [2.05, 4.69) is 30.2 Å². The summed E-state index contributed by atoms with van der Waals surface area (Å²) in [6, 6.07) is 13.6. The standard InChI is InChI=1S/C21H17N7/c1-12-9-13(5-7-23-12)26-14-10-18-21(25-11-14)28-20(27-18)15-3-2-4-17-19(15)16(22)6-8-24-17/h2-11H,1H3,(H2,22,24)(H,23,26)(H,25,27,28). The normalized spacial score (nSPS) is 11.2. The first-order chi connectivity index (χ1) is 13.7. The predicted octanol–water partition coefficient (Wildman–Crippen LogP) is 4.20. The van der Waals surface area contributed by atoms with E-state index in [1.807, 2.05) is 43.3 Å². The number of nitrogens with zero attached hydrogens (tertiary/aromatic N) is 4. The van der Waals surface area contributed by atoms with Crippen molar-refractivity contribution in [3.63, 3.8) is 0 Å². The Hall–Kier alpha value is -4.00. The number of pyridine rings is 3. The van der Waals surface area contributed by atoms with Crippen LogP contribution in [0.1, 0.15) is 5.69 Å². The molecule has 0 atom stereocenters. The Kier molecular flexibility index (Phi) is 3.65. The quantitative estimate of drug-likeness (QED) is 0.441. The van der Waals surface area contributed by atoms with Crippen LogP contribution in [0.25, 0.3) is 33.5 Å². The van der Waals surface area contributed by atoms with Crippen LogP contribution in [0.15, 0.2) is 61.1 Å². The number of nitrogen functional groups attached to an aromatic ring is 1. The lowest BCUT2D eigenvalue weighted by Gasteiger charge is -2.06. The van der Waals surface area contributed by atoms with E-state index in [0.29, 0.717) is 17.2 Å². The van der Waals surface area contributed by atoms with Crippen LogP contribution in [0.4, 0.5) is 17.1 Å². The van der Waals surface area contributed by atoms with Crippen molar-refractivity contribution in [3.05, 3.63) is 66.7 Å². The van der Waals surface area contributed by atoms with Gasteiger partial charge in [-0.25, -0.2) is 9.97 Å². The zero-order valence-corrected chi connectivity index (χ0v) is 15.1. The van der Waals surface area contributed by atoms with E-state index < -0.39 is 0 Å². The van der Waals surface area contributed by atoms with Gasteiger partial charge < -0.3 is 16.0 Å². The first-order valence-electron chi connectivity index (χ1n) is 8.86. The smallest absolute Gasteiger partial charge is 0.178 e. The van der Waals surface area contributed by atoms with E-state index in [1.165, 1.54) is 0 Å². The molecule has 4 heterocycles. The van der Waals surface area contributed by atoms with E-state index >= 15 is 0 Å². The van der Waals surface area contributed by atoms with Crippen molar-refractivity contribution in [1.29, 1.82) is 0 Å². The van der Waals surface area contributed by atoms with Gasteiger partial charge in [-0.1, -0.05) is 12.1 Å². The molecule has 0 aliphatic rings. The van der Waals surface area contributed by atoms with Gasteiger partial charge in [-0.3, -0.25) is 9.97 Å². The highest BCUT2D eigenvalue weighted by molar-refractivity contribution is 6.01. The summed E-state index contributed by atoms with van der Waals surface area (Å²) >= 11 is 0. The highest BCUT2D eigenvalue weighted by Gasteiger charge is 2.12. The van der Waals surface area contributed by atoms with Crippen LogP contribution in [-0.4, -0.2) is 24.9 Å². The molecule has 136 valence electrons. The van der Waals surface area contributed by atoms with Crippen molar-refractivity contribution in [1.82, 2.24) is 24.9 Å². The van der Waals surface area contributed by atoms with Gasteiger partial charge in [0.25, 0.3) is 0 Å². The number of hydrogen-bond acceptors (Lipinski definition) is 6. The average Bonchev–Trinajstić information content (AvgIpc) is 3.11. The van der Waals surface area contributed by atoms with Crippen LogP contribution in [0.5, 0.6) is 0 Å². The number of aromatic nitrogens is 5. The molecular weight excluding hydrogens is 350 g/mol. The fourth-order valence-corrected chi connectivity index (χ4v) is 3.32. The maximum Gasteiger partial charge on any atom is 0.178 e. The molecule has 0 aliphatic heterocycles. The van der Waals surface area contributed by atoms with E-state index in [0.717, 1.165) is 39.1 Å². The number of aromatic amines is 1. The second-order valence-corrected chi connectivity index (χ2v) is 6.59. The number of nitrogens with one attached hydrogen (secondary N) is 2. The third-order valence-electron chi connectivity index (χ3n) is 4.58. The summed E-state index contributed by atoms with van der Waals surface area (Å²) in [6.07, 6.45) is 5.25. The predicted molar refractivity (Wildman–Crippen MR) is 111 cm³/mol. The molecule has 7 nitrogen and oxygen atoms in total. The van der Waals surface area contributed by atoms with Crippen molar-refractivity contribution in [2.24, 2.45) is 0 Å². The molecule has 4 N–H and O–H groups in total. The summed E-state index contributed by atoms with van der Waals surface area (Å²) < 4.78 is 0. The molecule has 5 rings (SSSR count). The molecule has 0 fully saturated rings. The molecule has 0 bridgehead atoms. The van der Waals surface area contributed by atoms with Crippen LogP contribution >= 0.6 is 0 Å². The lowest BCUT2D eigenvalue weighted by Crippen LogP contribution is -1.92. The third kappa shape index (κ3) is 2.79. The van der Waals surface area contributed by atoms with Crippen molar-refractivity contribution in [3.8, 4) is 11.4 Å². The summed E-state index contributed by atoms with van der Waals surface area (Å²) in [7, 11) is 0. The minimum Gasteiger partial charge on any atom is -0.398 e. The lowest BCUT2D eigenvalue weighted by molar-refractivity contribution is 1.20. The Balaban J connectivity index is 1.58. The molecule has 7 heteroatoms. The van der Waals surface area contributed by atoms with Crippen LogP contribution < -0.4 is 11.1 Å². The average molecular weight is 367 g/mol. The van der Waals surface area contributed by atoms with Gasteiger partial charge in [0.1, 0.15) is 5.82 Å². The molecule has 0 saturated heterocycles. The third-order valence-corrected chi connectivity index (χ3v) is 4.58. The van der Waals surface area contributed by atoms with E-state index in [4.69, 9.17) is 5.73 Å². The van der Waals surface area contributed by atoms with Gasteiger partial charge in [-0.05, 0) is 37.3 Å². The molecule has 5 aromatic rings. The number of anilines is 3. The van der Waals surface area contributed by atoms with Gasteiger partial charge in [-0.2, -0.15) is 0 Å². The summed E-state index contributed by atoms with van der Waals surface area (Å²) in [5, 5.41) is 4.23. The minimum absolute atomic E-state index is 0.644. The van der Waals surface area contributed by atoms with Gasteiger partial charge >= 0.3 is 0 Å². The van der Waals surface area contributed by atoms with Crippen molar-refractivity contribution >= 4 is 39.1 Å². The Morgan fingerprint density at radius 1 is 0.964 bits per heavy atom.